The van der Waals surface area contributed by atoms with Gasteiger partial charge in [-0.05, 0) is 51.3 Å². The van der Waals surface area contributed by atoms with Crippen LogP contribution in [0.1, 0.15) is 37.8 Å². The van der Waals surface area contributed by atoms with Crippen LogP contribution in [0.5, 0.6) is 5.75 Å². The number of aliphatic carboxylic acids is 1. The van der Waals surface area contributed by atoms with Crippen molar-refractivity contribution in [3.05, 3.63) is 29.3 Å². The van der Waals surface area contributed by atoms with Crippen molar-refractivity contribution in [2.24, 2.45) is 11.5 Å². The number of carboxylic acid groups (broad SMARTS) is 1. The zero-order valence-electron chi connectivity index (χ0n) is 15.5. The smallest absolute Gasteiger partial charge is 0.326 e. The first-order valence-corrected chi connectivity index (χ1v) is 8.33. The third-order valence-electron chi connectivity index (χ3n) is 3.27. The molecule has 6 N–H and O–H groups in total. The van der Waals surface area contributed by atoms with Crippen LogP contribution in [0, 0.1) is 13.8 Å². The van der Waals surface area contributed by atoms with E-state index < -0.39 is 12.0 Å². The summed E-state index contributed by atoms with van der Waals surface area (Å²) in [6.07, 6.45) is 0.975. The third kappa shape index (κ3) is 10.4. The molecule has 0 bridgehead atoms. The van der Waals surface area contributed by atoms with E-state index in [4.69, 9.17) is 21.3 Å². The number of hydrogen-bond acceptors (Lipinski definition) is 5. The van der Waals surface area contributed by atoms with Crippen LogP contribution in [0.15, 0.2) is 18.2 Å². The molecule has 1 rings (SSSR count). The first kappa shape index (κ1) is 22.9. The number of carboxylic acids is 1. The number of hydrogen-bond donors (Lipinski definition) is 4. The van der Waals surface area contributed by atoms with E-state index >= 15 is 0 Å². The molecule has 7 heteroatoms. The van der Waals surface area contributed by atoms with Crippen LogP contribution in [-0.4, -0.2) is 42.2 Å². The van der Waals surface area contributed by atoms with Crippen molar-refractivity contribution in [3.63, 3.8) is 0 Å². The van der Waals surface area contributed by atoms with Crippen LogP contribution < -0.4 is 21.5 Å². The minimum absolute atomic E-state index is 0.0824. The molecule has 1 amide bonds. The molecular formula is C18H31N3O4. The Morgan fingerprint density at radius 2 is 1.84 bits per heavy atom. The number of carbonyl (C=O) groups excluding carboxylic acids is 1. The highest BCUT2D eigenvalue weighted by Gasteiger charge is 2.16. The summed E-state index contributed by atoms with van der Waals surface area (Å²) in [7, 11) is 0. The molecule has 0 spiro atoms. The molecule has 0 saturated heterocycles. The van der Waals surface area contributed by atoms with Gasteiger partial charge in [0.05, 0.1) is 0 Å². The SMILES string of the molecule is CC(=O)NC(CCCN)C(=O)O.Cc1cccc(C)c1OCC(C)N. The number of nitrogens with two attached hydrogens (primary N) is 2. The predicted octanol–water partition coefficient (Wildman–Crippen LogP) is 1.34. The Labute approximate surface area is 149 Å². The average molecular weight is 353 g/mol. The fourth-order valence-electron chi connectivity index (χ4n) is 2.07. The molecule has 0 heterocycles. The van der Waals surface area contributed by atoms with E-state index in [0.29, 0.717) is 26.0 Å². The Hall–Kier alpha value is -2.12. The Balaban J connectivity index is 0.000000463. The van der Waals surface area contributed by atoms with Crippen molar-refractivity contribution >= 4 is 11.9 Å². The maximum Gasteiger partial charge on any atom is 0.326 e. The van der Waals surface area contributed by atoms with E-state index in [1.165, 1.54) is 18.1 Å². The predicted molar refractivity (Wildman–Crippen MR) is 98.6 cm³/mol. The largest absolute Gasteiger partial charge is 0.491 e. The molecule has 1 aromatic carbocycles. The molecule has 25 heavy (non-hydrogen) atoms. The molecule has 2 unspecified atom stereocenters. The van der Waals surface area contributed by atoms with Crippen molar-refractivity contribution < 1.29 is 19.4 Å². The fraction of sp³-hybridized carbons (Fsp3) is 0.556. The summed E-state index contributed by atoms with van der Waals surface area (Å²) in [5.41, 5.74) is 13.2. The zero-order chi connectivity index (χ0) is 19.4. The molecular weight excluding hydrogens is 322 g/mol. The molecule has 1 aromatic rings. The first-order chi connectivity index (χ1) is 11.7. The molecule has 0 radical (unpaired) electrons. The summed E-state index contributed by atoms with van der Waals surface area (Å²) in [6, 6.07) is 5.40. The van der Waals surface area contributed by atoms with Crippen LogP contribution >= 0.6 is 0 Å². The first-order valence-electron chi connectivity index (χ1n) is 8.33. The van der Waals surface area contributed by atoms with E-state index in [0.717, 1.165) is 5.75 Å². The Morgan fingerprint density at radius 1 is 1.28 bits per heavy atom. The lowest BCUT2D eigenvalue weighted by Gasteiger charge is -2.13. The minimum atomic E-state index is -1.02. The van der Waals surface area contributed by atoms with Crippen molar-refractivity contribution in [3.8, 4) is 5.75 Å². The van der Waals surface area contributed by atoms with Gasteiger partial charge in [-0.1, -0.05) is 18.2 Å². The van der Waals surface area contributed by atoms with Gasteiger partial charge in [-0.15, -0.1) is 0 Å². The molecule has 0 fully saturated rings. The lowest BCUT2D eigenvalue weighted by molar-refractivity contribution is -0.141. The van der Waals surface area contributed by atoms with E-state index in [2.05, 4.69) is 5.32 Å². The van der Waals surface area contributed by atoms with Crippen molar-refractivity contribution in [2.75, 3.05) is 13.2 Å². The van der Waals surface area contributed by atoms with Gasteiger partial charge in [-0.2, -0.15) is 0 Å². The van der Waals surface area contributed by atoms with Crippen molar-refractivity contribution in [1.82, 2.24) is 5.32 Å². The quantitative estimate of drug-likeness (QED) is 0.558. The second kappa shape index (κ2) is 12.3. The molecule has 0 aliphatic heterocycles. The Bertz CT molecular complexity index is 527. The monoisotopic (exact) mass is 353 g/mol. The standard InChI is InChI=1S/C11H17NO.C7H14N2O3/c1-8-5-4-6-9(2)11(8)13-7-10(3)12;1-5(10)9-6(7(11)12)3-2-4-8/h4-6,10H,7,12H2,1-3H3;6H,2-4,8H2,1H3,(H,9,10)(H,11,12). The number of carbonyl (C=O) groups is 2. The summed E-state index contributed by atoms with van der Waals surface area (Å²) >= 11 is 0. The number of rotatable bonds is 8. The van der Waals surface area contributed by atoms with Gasteiger partial charge in [0.2, 0.25) is 5.91 Å². The summed E-state index contributed by atoms with van der Waals surface area (Å²) < 4.78 is 5.60. The van der Waals surface area contributed by atoms with Crippen molar-refractivity contribution in [2.45, 2.75) is 52.6 Å². The number of amides is 1. The van der Waals surface area contributed by atoms with Gasteiger partial charge in [0.25, 0.3) is 0 Å². The normalized spacial score (nSPS) is 12.4. The highest BCUT2D eigenvalue weighted by atomic mass is 16.5. The van der Waals surface area contributed by atoms with Crippen LogP contribution in [0.25, 0.3) is 0 Å². The van der Waals surface area contributed by atoms with Crippen LogP contribution in [0.2, 0.25) is 0 Å². The number of para-hydroxylation sites is 1. The second-order valence-electron chi connectivity index (χ2n) is 6.03. The van der Waals surface area contributed by atoms with Gasteiger partial charge in [0, 0.05) is 13.0 Å². The highest BCUT2D eigenvalue weighted by molar-refractivity contribution is 5.81. The van der Waals surface area contributed by atoms with Crippen LogP contribution in [-0.2, 0) is 9.59 Å². The van der Waals surface area contributed by atoms with Gasteiger partial charge in [0.1, 0.15) is 18.4 Å². The summed E-state index contributed by atoms with van der Waals surface area (Å²) in [4.78, 5) is 21.0. The molecule has 142 valence electrons. The Kier molecular flexibility index (Phi) is 11.2. The van der Waals surface area contributed by atoms with Crippen LogP contribution in [0.3, 0.4) is 0 Å². The number of aryl methyl sites for hydroxylation is 2. The fourth-order valence-corrected chi connectivity index (χ4v) is 2.07. The molecule has 0 aliphatic rings. The zero-order valence-corrected chi connectivity index (χ0v) is 15.5. The maximum atomic E-state index is 10.5. The lowest BCUT2D eigenvalue weighted by Crippen LogP contribution is -2.39. The van der Waals surface area contributed by atoms with Gasteiger partial charge >= 0.3 is 5.97 Å². The summed E-state index contributed by atoms with van der Waals surface area (Å²) in [6.45, 7) is 8.33. The van der Waals surface area contributed by atoms with Gasteiger partial charge in [-0.3, -0.25) is 4.79 Å². The van der Waals surface area contributed by atoms with E-state index in [1.807, 2.05) is 39.0 Å². The van der Waals surface area contributed by atoms with Crippen molar-refractivity contribution in [1.29, 1.82) is 0 Å². The number of nitrogens with one attached hydrogen (secondary N) is 1. The number of benzene rings is 1. The minimum Gasteiger partial charge on any atom is -0.491 e. The topological polar surface area (TPSA) is 128 Å². The van der Waals surface area contributed by atoms with E-state index in [1.54, 1.807) is 0 Å². The van der Waals surface area contributed by atoms with Crippen LogP contribution in [0.4, 0.5) is 0 Å². The van der Waals surface area contributed by atoms with Gasteiger partial charge in [0.15, 0.2) is 0 Å². The van der Waals surface area contributed by atoms with E-state index in [-0.39, 0.29) is 11.9 Å². The molecule has 0 saturated carbocycles. The summed E-state index contributed by atoms with van der Waals surface area (Å²) in [5, 5.41) is 10.9. The molecule has 2 atom stereocenters. The number of ether oxygens (including phenoxy) is 1. The van der Waals surface area contributed by atoms with Gasteiger partial charge in [-0.25, -0.2) is 4.79 Å². The average Bonchev–Trinajstić information content (AvgIpc) is 2.50. The second-order valence-corrected chi connectivity index (χ2v) is 6.03. The third-order valence-corrected chi connectivity index (χ3v) is 3.27. The lowest BCUT2D eigenvalue weighted by atomic mass is 10.1. The highest BCUT2D eigenvalue weighted by Crippen LogP contribution is 2.22. The molecule has 0 aromatic heterocycles. The van der Waals surface area contributed by atoms with Gasteiger partial charge < -0.3 is 26.6 Å². The molecule has 0 aliphatic carbocycles. The maximum absolute atomic E-state index is 10.5. The Morgan fingerprint density at radius 3 is 2.24 bits per heavy atom. The summed E-state index contributed by atoms with van der Waals surface area (Å²) in [5.74, 6) is -0.377. The molecule has 7 nitrogen and oxygen atoms in total. The van der Waals surface area contributed by atoms with E-state index in [9.17, 15) is 9.59 Å².